The zero-order valence-electron chi connectivity index (χ0n) is 18.4. The molecular formula is C24H21ClF2N6O2. The van der Waals surface area contributed by atoms with Crippen LogP contribution in [0.1, 0.15) is 24.0 Å². The molecule has 0 radical (unpaired) electrons. The second-order valence-electron chi connectivity index (χ2n) is 8.11. The molecule has 0 bridgehead atoms. The van der Waals surface area contributed by atoms with Crippen LogP contribution in [0.3, 0.4) is 0 Å². The molecule has 1 atom stereocenters. The number of halogens is 3. The Labute approximate surface area is 204 Å². The van der Waals surface area contributed by atoms with Crippen LogP contribution in [0.25, 0.3) is 5.69 Å². The highest BCUT2D eigenvalue weighted by atomic mass is 35.5. The number of pyridine rings is 2. The maximum absolute atomic E-state index is 14.0. The van der Waals surface area contributed by atoms with Crippen LogP contribution in [-0.2, 0) is 6.54 Å². The molecule has 1 aliphatic carbocycles. The Balaban J connectivity index is 1.70. The van der Waals surface area contributed by atoms with Crippen LogP contribution >= 0.6 is 11.6 Å². The number of aliphatic hydroxyl groups excluding tert-OH is 1. The number of benzene rings is 1. The van der Waals surface area contributed by atoms with Crippen LogP contribution in [0.5, 0.6) is 0 Å². The summed E-state index contributed by atoms with van der Waals surface area (Å²) in [4.78, 5) is 17.6. The van der Waals surface area contributed by atoms with Gasteiger partial charge in [0.1, 0.15) is 29.2 Å². The van der Waals surface area contributed by atoms with Crippen LogP contribution in [0, 0.1) is 34.3 Å². The molecule has 11 heteroatoms. The Bertz CT molecular complexity index is 1360. The van der Waals surface area contributed by atoms with E-state index in [0.717, 1.165) is 29.5 Å². The largest absolute Gasteiger partial charge is 0.394 e. The summed E-state index contributed by atoms with van der Waals surface area (Å²) in [6, 6.07) is 7.87. The molecule has 2 aromatic heterocycles. The summed E-state index contributed by atoms with van der Waals surface area (Å²) in [6.45, 7) is -0.377. The first-order valence-corrected chi connectivity index (χ1v) is 11.2. The fourth-order valence-corrected chi connectivity index (χ4v) is 3.94. The van der Waals surface area contributed by atoms with E-state index in [2.05, 4.69) is 15.6 Å². The topological polar surface area (TPSA) is 127 Å². The molecule has 0 saturated heterocycles. The van der Waals surface area contributed by atoms with Crippen LogP contribution in [0.2, 0.25) is 5.02 Å². The first-order chi connectivity index (χ1) is 16.8. The lowest BCUT2D eigenvalue weighted by molar-refractivity contribution is 0.263. The standard InChI is InChI=1S/C24H21ClF2N6O2/c25-15-11-31-22(32-20(12-34)13-4-5-13)8-21(15)33-7-6-19(23(24(33)35)18(29)9-28)30-10-14-16(26)2-1-3-17(14)27/h1-3,6-8,11,13,20,29-30,34H,4-5,10,12H2,(H,31,32). The van der Waals surface area contributed by atoms with Crippen LogP contribution in [0.4, 0.5) is 20.3 Å². The molecule has 2 heterocycles. The summed E-state index contributed by atoms with van der Waals surface area (Å²) in [6.07, 6.45) is 4.74. The minimum atomic E-state index is -0.765. The van der Waals surface area contributed by atoms with Gasteiger partial charge >= 0.3 is 0 Å². The average Bonchev–Trinajstić information content (AvgIpc) is 3.68. The van der Waals surface area contributed by atoms with Gasteiger partial charge in [-0.15, -0.1) is 0 Å². The minimum absolute atomic E-state index is 0.0676. The van der Waals surface area contributed by atoms with Gasteiger partial charge in [0.25, 0.3) is 5.56 Å². The van der Waals surface area contributed by atoms with Crippen molar-refractivity contribution in [2.24, 2.45) is 5.92 Å². The van der Waals surface area contributed by atoms with E-state index in [0.29, 0.717) is 11.7 Å². The molecule has 3 aromatic rings. The molecule has 1 unspecified atom stereocenters. The predicted octanol–water partition coefficient (Wildman–Crippen LogP) is 3.85. The van der Waals surface area contributed by atoms with Crippen molar-refractivity contribution in [3.8, 4) is 11.8 Å². The second-order valence-corrected chi connectivity index (χ2v) is 8.52. The third-order valence-corrected chi connectivity index (χ3v) is 6.08. The number of aromatic nitrogens is 2. The van der Waals surface area contributed by atoms with E-state index in [-0.39, 0.29) is 46.7 Å². The fourth-order valence-electron chi connectivity index (χ4n) is 3.75. The predicted molar refractivity (Wildman–Crippen MR) is 128 cm³/mol. The third-order valence-electron chi connectivity index (χ3n) is 5.79. The second kappa shape index (κ2) is 10.2. The molecule has 0 spiro atoms. The SMILES string of the molecule is N#CC(=N)c1c(NCc2c(F)cccc2F)ccn(-c2cc(NC(CO)C3CC3)ncc2Cl)c1=O. The molecule has 1 aliphatic rings. The van der Waals surface area contributed by atoms with E-state index in [1.807, 2.05) is 0 Å². The Morgan fingerprint density at radius 1 is 1.34 bits per heavy atom. The minimum Gasteiger partial charge on any atom is -0.394 e. The lowest BCUT2D eigenvalue weighted by atomic mass is 10.1. The summed E-state index contributed by atoms with van der Waals surface area (Å²) < 4.78 is 29.2. The van der Waals surface area contributed by atoms with Crippen LogP contribution in [0.15, 0.2) is 47.5 Å². The van der Waals surface area contributed by atoms with Gasteiger partial charge in [0.15, 0.2) is 0 Å². The zero-order chi connectivity index (χ0) is 25.1. The van der Waals surface area contributed by atoms with Gasteiger partial charge in [0, 0.05) is 24.4 Å². The highest BCUT2D eigenvalue weighted by molar-refractivity contribution is 6.32. The maximum atomic E-state index is 14.0. The summed E-state index contributed by atoms with van der Waals surface area (Å²) in [7, 11) is 0. The van der Waals surface area contributed by atoms with Crippen molar-refractivity contribution >= 4 is 28.8 Å². The molecule has 1 aromatic carbocycles. The number of hydrogen-bond acceptors (Lipinski definition) is 7. The number of hydrogen-bond donors (Lipinski definition) is 4. The van der Waals surface area contributed by atoms with Gasteiger partial charge in [0.05, 0.1) is 40.8 Å². The van der Waals surface area contributed by atoms with E-state index < -0.39 is 22.9 Å². The van der Waals surface area contributed by atoms with Gasteiger partial charge in [-0.05, 0) is 37.0 Å². The fraction of sp³-hybridized carbons (Fsp3) is 0.250. The molecule has 4 rings (SSSR count). The average molecular weight is 499 g/mol. The van der Waals surface area contributed by atoms with E-state index in [1.165, 1.54) is 30.6 Å². The monoisotopic (exact) mass is 498 g/mol. The van der Waals surface area contributed by atoms with Crippen molar-refractivity contribution in [2.45, 2.75) is 25.4 Å². The lowest BCUT2D eigenvalue weighted by Crippen LogP contribution is -2.28. The van der Waals surface area contributed by atoms with Crippen LogP contribution in [-0.4, -0.2) is 33.0 Å². The van der Waals surface area contributed by atoms with E-state index in [4.69, 9.17) is 17.0 Å². The van der Waals surface area contributed by atoms with E-state index >= 15 is 0 Å². The van der Waals surface area contributed by atoms with Crippen LogP contribution < -0.4 is 16.2 Å². The number of nitrogens with one attached hydrogen (secondary N) is 3. The molecular weight excluding hydrogens is 478 g/mol. The molecule has 35 heavy (non-hydrogen) atoms. The smallest absolute Gasteiger partial charge is 0.267 e. The number of anilines is 2. The van der Waals surface area contributed by atoms with Gasteiger partial charge in [-0.25, -0.2) is 13.8 Å². The highest BCUT2D eigenvalue weighted by Crippen LogP contribution is 2.34. The van der Waals surface area contributed by atoms with Gasteiger partial charge < -0.3 is 15.7 Å². The normalized spacial score (nSPS) is 13.7. The Kier molecular flexibility index (Phi) is 7.10. The van der Waals surface area contributed by atoms with Gasteiger partial charge in [0.2, 0.25) is 0 Å². The Morgan fingerprint density at radius 3 is 2.69 bits per heavy atom. The molecule has 0 aliphatic heterocycles. The van der Waals surface area contributed by atoms with Gasteiger partial charge in [-0.3, -0.25) is 14.8 Å². The quantitative estimate of drug-likeness (QED) is 0.332. The molecule has 1 fully saturated rings. The Hall–Kier alpha value is -3.81. The maximum Gasteiger partial charge on any atom is 0.267 e. The van der Waals surface area contributed by atoms with Crippen molar-refractivity contribution in [1.82, 2.24) is 9.55 Å². The van der Waals surface area contributed by atoms with E-state index in [1.54, 1.807) is 6.07 Å². The van der Waals surface area contributed by atoms with Crippen molar-refractivity contribution < 1.29 is 13.9 Å². The van der Waals surface area contributed by atoms with Crippen molar-refractivity contribution in [3.63, 3.8) is 0 Å². The van der Waals surface area contributed by atoms with Crippen molar-refractivity contribution in [2.75, 3.05) is 17.2 Å². The third kappa shape index (κ3) is 5.16. The number of nitriles is 1. The summed E-state index contributed by atoms with van der Waals surface area (Å²) in [5.41, 5.74) is -1.55. The lowest BCUT2D eigenvalue weighted by Gasteiger charge is -2.18. The van der Waals surface area contributed by atoms with Crippen molar-refractivity contribution in [1.29, 1.82) is 10.7 Å². The number of nitrogens with zero attached hydrogens (tertiary/aromatic N) is 3. The van der Waals surface area contributed by atoms with Gasteiger partial charge in [-0.2, -0.15) is 5.26 Å². The zero-order valence-corrected chi connectivity index (χ0v) is 19.1. The van der Waals surface area contributed by atoms with Gasteiger partial charge in [-0.1, -0.05) is 17.7 Å². The molecule has 180 valence electrons. The number of aliphatic hydroxyl groups is 1. The molecule has 1 saturated carbocycles. The number of rotatable bonds is 9. The first-order valence-electron chi connectivity index (χ1n) is 10.8. The molecule has 8 nitrogen and oxygen atoms in total. The molecule has 4 N–H and O–H groups in total. The highest BCUT2D eigenvalue weighted by Gasteiger charge is 2.31. The van der Waals surface area contributed by atoms with E-state index in [9.17, 15) is 23.9 Å². The molecule has 0 amide bonds. The Morgan fingerprint density at radius 2 is 2.06 bits per heavy atom. The summed E-state index contributed by atoms with van der Waals surface area (Å²) >= 11 is 6.31. The summed E-state index contributed by atoms with van der Waals surface area (Å²) in [5.74, 6) is -0.787. The first kappa shape index (κ1) is 24.3. The summed E-state index contributed by atoms with van der Waals surface area (Å²) in [5, 5.41) is 33.0. The van der Waals surface area contributed by atoms with Crippen molar-refractivity contribution in [3.05, 3.63) is 80.9 Å².